The van der Waals surface area contributed by atoms with Gasteiger partial charge in [-0.15, -0.1) is 0 Å². The van der Waals surface area contributed by atoms with Crippen molar-refractivity contribution in [1.29, 1.82) is 0 Å². The number of aliphatic hydroxyl groups excluding tert-OH is 1. The Labute approximate surface area is 124 Å². The smallest absolute Gasteiger partial charge is 0.253 e. The third kappa shape index (κ3) is 4.33. The molecule has 0 aliphatic carbocycles. The van der Waals surface area contributed by atoms with E-state index in [4.69, 9.17) is 4.74 Å². The van der Waals surface area contributed by atoms with E-state index in [0.717, 1.165) is 11.3 Å². The highest BCUT2D eigenvalue weighted by Crippen LogP contribution is 2.15. The number of aliphatic hydroxyl groups is 1. The molecule has 0 aromatic heterocycles. The van der Waals surface area contributed by atoms with Crippen molar-refractivity contribution in [2.75, 3.05) is 6.61 Å². The van der Waals surface area contributed by atoms with Crippen LogP contribution in [0.1, 0.15) is 24.2 Å². The van der Waals surface area contributed by atoms with Gasteiger partial charge in [0.2, 0.25) is 0 Å². The van der Waals surface area contributed by atoms with E-state index in [1.807, 2.05) is 37.3 Å². The van der Waals surface area contributed by atoms with Crippen LogP contribution in [0.2, 0.25) is 0 Å². The highest BCUT2D eigenvalue weighted by Gasteiger charge is 2.16. The van der Waals surface area contributed by atoms with Crippen molar-refractivity contribution in [1.82, 2.24) is 5.32 Å². The Morgan fingerprint density at radius 3 is 2.67 bits per heavy atom. The molecule has 0 aliphatic rings. The Morgan fingerprint density at radius 2 is 1.95 bits per heavy atom. The van der Waals surface area contributed by atoms with Gasteiger partial charge in [0.15, 0.2) is 6.10 Å². The van der Waals surface area contributed by atoms with Crippen molar-refractivity contribution in [2.45, 2.75) is 19.6 Å². The number of nitrogens with one attached hydrogen (secondary N) is 1. The van der Waals surface area contributed by atoms with Crippen molar-refractivity contribution in [2.24, 2.45) is 0 Å². The van der Waals surface area contributed by atoms with E-state index in [2.05, 4.69) is 5.32 Å². The molecule has 1 unspecified atom stereocenters. The summed E-state index contributed by atoms with van der Waals surface area (Å²) in [4.78, 5) is 11.9. The summed E-state index contributed by atoms with van der Waals surface area (Å²) in [6.45, 7) is 2.87. The van der Waals surface area contributed by atoms with Crippen molar-refractivity contribution < 1.29 is 14.6 Å². The Bertz CT molecular complexity index is 584. The predicted molar refractivity (Wildman–Crippen MR) is 80.9 cm³/mol. The monoisotopic (exact) mass is 285 g/mol. The van der Waals surface area contributed by atoms with Gasteiger partial charge in [-0.25, -0.2) is 0 Å². The van der Waals surface area contributed by atoms with Crippen LogP contribution < -0.4 is 10.1 Å². The van der Waals surface area contributed by atoms with Gasteiger partial charge in [0.05, 0.1) is 6.61 Å². The molecule has 0 aliphatic heterocycles. The van der Waals surface area contributed by atoms with Gasteiger partial charge in [-0.3, -0.25) is 4.79 Å². The lowest BCUT2D eigenvalue weighted by molar-refractivity contribution is -0.129. The zero-order chi connectivity index (χ0) is 15.1. The van der Waals surface area contributed by atoms with E-state index in [0.29, 0.717) is 18.7 Å². The molecule has 1 atom stereocenters. The Morgan fingerprint density at radius 1 is 1.19 bits per heavy atom. The van der Waals surface area contributed by atoms with Crippen LogP contribution in [0.4, 0.5) is 0 Å². The summed E-state index contributed by atoms with van der Waals surface area (Å²) in [5.74, 6) is 0.357. The van der Waals surface area contributed by atoms with Gasteiger partial charge in [-0.05, 0) is 30.2 Å². The standard InChI is InChI=1S/C17H19NO3/c1-2-21-15-10-6-7-13(11-15)12-18-17(20)16(19)14-8-4-3-5-9-14/h3-11,16,19H,2,12H2,1H3,(H,18,20). The molecule has 110 valence electrons. The van der Waals surface area contributed by atoms with Crippen molar-refractivity contribution in [3.8, 4) is 5.75 Å². The first-order chi connectivity index (χ1) is 10.2. The van der Waals surface area contributed by atoms with Crippen LogP contribution >= 0.6 is 0 Å². The van der Waals surface area contributed by atoms with Gasteiger partial charge >= 0.3 is 0 Å². The lowest BCUT2D eigenvalue weighted by atomic mass is 10.1. The Hall–Kier alpha value is -2.33. The fourth-order valence-corrected chi connectivity index (χ4v) is 1.98. The quantitative estimate of drug-likeness (QED) is 0.857. The molecule has 21 heavy (non-hydrogen) atoms. The van der Waals surface area contributed by atoms with Gasteiger partial charge in [-0.1, -0.05) is 42.5 Å². The molecule has 0 bridgehead atoms. The molecule has 2 N–H and O–H groups in total. The van der Waals surface area contributed by atoms with Gasteiger partial charge < -0.3 is 15.2 Å². The number of amides is 1. The van der Waals surface area contributed by atoms with Gasteiger partial charge in [0.1, 0.15) is 5.75 Å². The molecule has 4 heteroatoms. The average molecular weight is 285 g/mol. The minimum atomic E-state index is -1.15. The fraction of sp³-hybridized carbons (Fsp3) is 0.235. The molecule has 2 aromatic rings. The van der Waals surface area contributed by atoms with Crippen LogP contribution in [-0.4, -0.2) is 17.6 Å². The van der Waals surface area contributed by atoms with Gasteiger partial charge in [0.25, 0.3) is 5.91 Å². The van der Waals surface area contributed by atoms with Crippen LogP contribution in [0, 0.1) is 0 Å². The Balaban J connectivity index is 1.93. The van der Waals surface area contributed by atoms with E-state index in [1.165, 1.54) is 0 Å². The molecular weight excluding hydrogens is 266 g/mol. The molecule has 0 fully saturated rings. The number of hydrogen-bond donors (Lipinski definition) is 2. The summed E-state index contributed by atoms with van der Waals surface area (Å²) in [5, 5.41) is 12.7. The topological polar surface area (TPSA) is 58.6 Å². The molecule has 2 rings (SSSR count). The second-order valence-electron chi connectivity index (χ2n) is 4.61. The summed E-state index contributed by atoms with van der Waals surface area (Å²) >= 11 is 0. The SMILES string of the molecule is CCOc1cccc(CNC(=O)C(O)c2ccccc2)c1. The zero-order valence-corrected chi connectivity index (χ0v) is 12.0. The van der Waals surface area contributed by atoms with Gasteiger partial charge in [0, 0.05) is 6.54 Å². The zero-order valence-electron chi connectivity index (χ0n) is 12.0. The molecular formula is C17H19NO3. The molecule has 0 heterocycles. The second kappa shape index (κ2) is 7.45. The third-order valence-corrected chi connectivity index (χ3v) is 3.04. The van der Waals surface area contributed by atoms with Crippen molar-refractivity contribution in [3.63, 3.8) is 0 Å². The summed E-state index contributed by atoms with van der Waals surface area (Å²) in [7, 11) is 0. The van der Waals surface area contributed by atoms with E-state index >= 15 is 0 Å². The number of benzene rings is 2. The summed E-state index contributed by atoms with van der Waals surface area (Å²) < 4.78 is 5.41. The number of hydrogen-bond acceptors (Lipinski definition) is 3. The lowest BCUT2D eigenvalue weighted by Crippen LogP contribution is -2.28. The first-order valence-electron chi connectivity index (χ1n) is 6.93. The molecule has 1 amide bonds. The molecule has 2 aromatic carbocycles. The molecule has 0 spiro atoms. The largest absolute Gasteiger partial charge is 0.494 e. The highest BCUT2D eigenvalue weighted by molar-refractivity contribution is 5.81. The van der Waals surface area contributed by atoms with Gasteiger partial charge in [-0.2, -0.15) is 0 Å². The summed E-state index contributed by atoms with van der Waals surface area (Å²) in [5.41, 5.74) is 1.51. The number of ether oxygens (including phenoxy) is 1. The van der Waals surface area contributed by atoms with Crippen LogP contribution in [0.5, 0.6) is 5.75 Å². The molecule has 0 saturated heterocycles. The third-order valence-electron chi connectivity index (χ3n) is 3.04. The second-order valence-corrected chi connectivity index (χ2v) is 4.61. The van der Waals surface area contributed by atoms with Crippen LogP contribution in [-0.2, 0) is 11.3 Å². The maximum absolute atomic E-state index is 11.9. The molecule has 0 radical (unpaired) electrons. The molecule has 0 saturated carbocycles. The first-order valence-corrected chi connectivity index (χ1v) is 6.93. The van der Waals surface area contributed by atoms with Crippen LogP contribution in [0.3, 0.4) is 0 Å². The van der Waals surface area contributed by atoms with Crippen molar-refractivity contribution in [3.05, 3.63) is 65.7 Å². The van der Waals surface area contributed by atoms with E-state index in [-0.39, 0.29) is 0 Å². The number of carbonyl (C=O) groups excluding carboxylic acids is 1. The van der Waals surface area contributed by atoms with E-state index in [1.54, 1.807) is 24.3 Å². The summed E-state index contributed by atoms with van der Waals surface area (Å²) in [6, 6.07) is 16.4. The fourth-order valence-electron chi connectivity index (χ4n) is 1.98. The highest BCUT2D eigenvalue weighted by atomic mass is 16.5. The Kier molecular flexibility index (Phi) is 5.35. The first kappa shape index (κ1) is 15.1. The lowest BCUT2D eigenvalue weighted by Gasteiger charge is -2.12. The minimum Gasteiger partial charge on any atom is -0.494 e. The average Bonchev–Trinajstić information content (AvgIpc) is 2.53. The normalized spacial score (nSPS) is 11.7. The maximum Gasteiger partial charge on any atom is 0.253 e. The van der Waals surface area contributed by atoms with E-state index < -0.39 is 12.0 Å². The van der Waals surface area contributed by atoms with Crippen molar-refractivity contribution >= 4 is 5.91 Å². The maximum atomic E-state index is 11.9. The predicted octanol–water partition coefficient (Wildman–Crippen LogP) is 2.44. The van der Waals surface area contributed by atoms with Crippen LogP contribution in [0.15, 0.2) is 54.6 Å². The summed E-state index contributed by atoms with van der Waals surface area (Å²) in [6.07, 6.45) is -1.15. The number of carbonyl (C=O) groups is 1. The number of rotatable bonds is 6. The molecule has 4 nitrogen and oxygen atoms in total. The van der Waals surface area contributed by atoms with E-state index in [9.17, 15) is 9.90 Å². The van der Waals surface area contributed by atoms with Crippen LogP contribution in [0.25, 0.3) is 0 Å². The minimum absolute atomic E-state index is 0.351.